The Balaban J connectivity index is 1.33. The summed E-state index contributed by atoms with van der Waals surface area (Å²) in [4.78, 5) is 26.4. The molecule has 0 aromatic heterocycles. The summed E-state index contributed by atoms with van der Waals surface area (Å²) in [5.74, 6) is 0.796. The number of halogens is 1. The third-order valence-corrected chi connectivity index (χ3v) is 5.83. The Morgan fingerprint density at radius 3 is 2.65 bits per heavy atom. The molecular formula is C26H25ClN2O5. The molecule has 1 atom stereocenters. The molecule has 8 heteroatoms. The molecule has 34 heavy (non-hydrogen) atoms. The zero-order valence-electron chi connectivity index (χ0n) is 18.9. The molecule has 3 aromatic carbocycles. The molecule has 1 amide bonds. The Labute approximate surface area is 203 Å². The van der Waals surface area contributed by atoms with Crippen LogP contribution in [0.2, 0.25) is 5.02 Å². The second kappa shape index (κ2) is 10.5. The highest BCUT2D eigenvalue weighted by Gasteiger charge is 2.23. The average Bonchev–Trinajstić information content (AvgIpc) is 2.85. The number of likely N-dealkylation sites (N-methyl/N-ethyl adjacent to an activating group) is 1. The van der Waals surface area contributed by atoms with E-state index in [0.29, 0.717) is 34.2 Å². The number of rotatable bonds is 7. The molecule has 0 bridgehead atoms. The Hall–Kier alpha value is -3.71. The van der Waals surface area contributed by atoms with E-state index in [9.17, 15) is 9.59 Å². The van der Waals surface area contributed by atoms with Crippen LogP contribution in [0.3, 0.4) is 0 Å². The monoisotopic (exact) mass is 480 g/mol. The van der Waals surface area contributed by atoms with Gasteiger partial charge in [-0.3, -0.25) is 9.59 Å². The number of nitrogens with one attached hydrogen (secondary N) is 1. The van der Waals surface area contributed by atoms with E-state index in [1.165, 1.54) is 7.11 Å². The summed E-state index contributed by atoms with van der Waals surface area (Å²) in [6, 6.07) is 19.8. The average molecular weight is 481 g/mol. The summed E-state index contributed by atoms with van der Waals surface area (Å²) >= 11 is 6.14. The van der Waals surface area contributed by atoms with Crippen LogP contribution in [0.4, 0.5) is 11.4 Å². The van der Waals surface area contributed by atoms with Crippen LogP contribution in [0, 0.1) is 0 Å². The number of ether oxygens (including phenoxy) is 3. The summed E-state index contributed by atoms with van der Waals surface area (Å²) < 4.78 is 16.6. The van der Waals surface area contributed by atoms with E-state index in [1.54, 1.807) is 42.5 Å². The molecule has 176 valence electrons. The molecule has 0 aliphatic carbocycles. The molecule has 0 spiro atoms. The second-order valence-electron chi connectivity index (χ2n) is 7.94. The number of benzene rings is 3. The summed E-state index contributed by atoms with van der Waals surface area (Å²) in [7, 11) is 3.34. The van der Waals surface area contributed by atoms with E-state index in [2.05, 4.69) is 15.0 Å². The Bertz CT molecular complexity index is 1180. The molecule has 4 rings (SSSR count). The fourth-order valence-corrected chi connectivity index (χ4v) is 3.87. The lowest BCUT2D eigenvalue weighted by molar-refractivity contribution is -0.139. The van der Waals surface area contributed by atoms with E-state index in [1.807, 2.05) is 31.3 Å². The molecule has 0 fully saturated rings. The van der Waals surface area contributed by atoms with Gasteiger partial charge in [0, 0.05) is 23.3 Å². The molecule has 1 N–H and O–H groups in total. The molecule has 7 nitrogen and oxygen atoms in total. The van der Waals surface area contributed by atoms with E-state index in [4.69, 9.17) is 21.1 Å². The third kappa shape index (κ3) is 5.61. The maximum atomic E-state index is 12.7. The lowest BCUT2D eigenvalue weighted by atomic mass is 10.1. The van der Waals surface area contributed by atoms with Crippen molar-refractivity contribution in [1.29, 1.82) is 0 Å². The van der Waals surface area contributed by atoms with Crippen LogP contribution in [-0.4, -0.2) is 45.3 Å². The Morgan fingerprint density at radius 2 is 1.88 bits per heavy atom. The number of carbonyl (C=O) groups is 2. The van der Waals surface area contributed by atoms with Gasteiger partial charge in [0.2, 0.25) is 0 Å². The fourth-order valence-electron chi connectivity index (χ4n) is 3.69. The van der Waals surface area contributed by atoms with Gasteiger partial charge < -0.3 is 24.4 Å². The van der Waals surface area contributed by atoms with Gasteiger partial charge in [-0.2, -0.15) is 0 Å². The topological polar surface area (TPSA) is 77.1 Å². The maximum absolute atomic E-state index is 12.7. The number of nitrogens with zero attached hydrogens (tertiary/aromatic N) is 1. The van der Waals surface area contributed by atoms with Gasteiger partial charge in [-0.05, 0) is 60.2 Å². The van der Waals surface area contributed by atoms with Gasteiger partial charge in [0.1, 0.15) is 24.2 Å². The van der Waals surface area contributed by atoms with Crippen LogP contribution in [0.15, 0.2) is 66.7 Å². The number of anilines is 2. The lowest BCUT2D eigenvalue weighted by Crippen LogP contribution is -2.41. The molecule has 0 saturated carbocycles. The van der Waals surface area contributed by atoms with E-state index < -0.39 is 5.97 Å². The van der Waals surface area contributed by atoms with Gasteiger partial charge >= 0.3 is 5.97 Å². The third-order valence-electron chi connectivity index (χ3n) is 5.47. The summed E-state index contributed by atoms with van der Waals surface area (Å²) in [6.45, 7) is 1.11. The van der Waals surface area contributed by atoms with Crippen molar-refractivity contribution in [2.45, 2.75) is 12.5 Å². The van der Waals surface area contributed by atoms with Gasteiger partial charge in [0.25, 0.3) is 5.91 Å². The summed E-state index contributed by atoms with van der Waals surface area (Å²) in [6.07, 6.45) is -0.0797. The number of hydrogen-bond donors (Lipinski definition) is 1. The lowest BCUT2D eigenvalue weighted by Gasteiger charge is -2.33. The first-order valence-electron chi connectivity index (χ1n) is 10.8. The fraction of sp³-hybridized carbons (Fsp3) is 0.231. The van der Waals surface area contributed by atoms with Crippen molar-refractivity contribution in [3.8, 4) is 11.5 Å². The largest absolute Gasteiger partial charge is 0.490 e. The summed E-state index contributed by atoms with van der Waals surface area (Å²) in [5.41, 5.74) is 2.65. The van der Waals surface area contributed by atoms with E-state index in [0.717, 1.165) is 18.0 Å². The Morgan fingerprint density at radius 1 is 1.12 bits per heavy atom. The van der Waals surface area contributed by atoms with Crippen LogP contribution in [0.5, 0.6) is 11.5 Å². The smallest absolute Gasteiger partial charge is 0.310 e. The van der Waals surface area contributed by atoms with Crippen LogP contribution in [-0.2, 0) is 16.0 Å². The molecular weight excluding hydrogens is 456 g/mol. The molecule has 1 aliphatic rings. The van der Waals surface area contributed by atoms with Crippen molar-refractivity contribution in [2.24, 2.45) is 0 Å². The number of esters is 1. The Kier molecular flexibility index (Phi) is 7.23. The first kappa shape index (κ1) is 23.4. The van der Waals surface area contributed by atoms with Crippen molar-refractivity contribution in [2.75, 3.05) is 37.5 Å². The highest BCUT2D eigenvalue weighted by Crippen LogP contribution is 2.32. The molecule has 1 aliphatic heterocycles. The van der Waals surface area contributed by atoms with Gasteiger partial charge in [-0.15, -0.1) is 0 Å². The first-order chi connectivity index (χ1) is 16.4. The normalized spacial score (nSPS) is 14.6. The highest BCUT2D eigenvalue weighted by molar-refractivity contribution is 6.31. The number of hydrogen-bond acceptors (Lipinski definition) is 6. The molecule has 0 radical (unpaired) electrons. The molecule has 0 unspecified atom stereocenters. The van der Waals surface area contributed by atoms with Crippen molar-refractivity contribution < 1.29 is 23.8 Å². The standard InChI is InChI=1S/C26H25ClN2O5/c1-29-15-21(34-24-6-4-3-5-23(24)29)16-33-20-10-7-17(8-11-20)26(31)28-19-9-12-22(27)18(13-19)14-25(30)32-2/h3-13,21H,14-16H2,1-2H3,(H,28,31)/t21-/m0/s1. The van der Waals surface area contributed by atoms with Crippen molar-refractivity contribution in [1.82, 2.24) is 0 Å². The summed E-state index contributed by atoms with van der Waals surface area (Å²) in [5, 5.41) is 3.25. The van der Waals surface area contributed by atoms with E-state index in [-0.39, 0.29) is 18.4 Å². The van der Waals surface area contributed by atoms with Crippen LogP contribution in [0.25, 0.3) is 0 Å². The molecule has 1 heterocycles. The number of amides is 1. The molecule has 0 saturated heterocycles. The van der Waals surface area contributed by atoms with Crippen molar-refractivity contribution in [3.63, 3.8) is 0 Å². The number of para-hydroxylation sites is 2. The van der Waals surface area contributed by atoms with Gasteiger partial charge in [0.05, 0.1) is 25.8 Å². The van der Waals surface area contributed by atoms with Gasteiger partial charge in [-0.25, -0.2) is 0 Å². The molecule has 3 aromatic rings. The minimum Gasteiger partial charge on any atom is -0.490 e. The van der Waals surface area contributed by atoms with Crippen LogP contribution >= 0.6 is 11.6 Å². The minimum atomic E-state index is -0.407. The van der Waals surface area contributed by atoms with Crippen molar-refractivity contribution in [3.05, 3.63) is 82.9 Å². The number of carbonyl (C=O) groups excluding carboxylic acids is 2. The van der Waals surface area contributed by atoms with Crippen molar-refractivity contribution >= 4 is 34.9 Å². The predicted molar refractivity (Wildman–Crippen MR) is 131 cm³/mol. The quantitative estimate of drug-likeness (QED) is 0.499. The number of fused-ring (bicyclic) bond motifs is 1. The van der Waals surface area contributed by atoms with E-state index >= 15 is 0 Å². The SMILES string of the molecule is COC(=O)Cc1cc(NC(=O)c2ccc(OC[C@@H]3CN(C)c4ccccc4O3)cc2)ccc1Cl. The maximum Gasteiger partial charge on any atom is 0.310 e. The van der Waals surface area contributed by atoms with Gasteiger partial charge in [-0.1, -0.05) is 23.7 Å². The van der Waals surface area contributed by atoms with Gasteiger partial charge in [0.15, 0.2) is 0 Å². The minimum absolute atomic E-state index is 0.0250. The van der Waals surface area contributed by atoms with Crippen LogP contribution in [0.1, 0.15) is 15.9 Å². The van der Waals surface area contributed by atoms with Crippen LogP contribution < -0.4 is 19.7 Å². The number of methoxy groups -OCH3 is 1. The predicted octanol–water partition coefficient (Wildman–Crippen LogP) is 4.58. The zero-order chi connectivity index (χ0) is 24.1. The second-order valence-corrected chi connectivity index (χ2v) is 8.34. The zero-order valence-corrected chi connectivity index (χ0v) is 19.7. The first-order valence-corrected chi connectivity index (χ1v) is 11.2. The highest BCUT2D eigenvalue weighted by atomic mass is 35.5.